The van der Waals surface area contributed by atoms with Gasteiger partial charge in [0.05, 0.1) is 0 Å². The molecule has 1 amide bonds. The first-order valence-electron chi connectivity index (χ1n) is 5.61. The van der Waals surface area contributed by atoms with Crippen LogP contribution in [-0.4, -0.2) is 43.4 Å². The van der Waals surface area contributed by atoms with Crippen LogP contribution in [0.5, 0.6) is 0 Å². The van der Waals surface area contributed by atoms with E-state index in [2.05, 4.69) is 10.6 Å². The van der Waals surface area contributed by atoms with Crippen molar-refractivity contribution < 1.29 is 23.1 Å². The second-order valence-corrected chi connectivity index (χ2v) is 4.19. The molecule has 0 aromatic rings. The predicted octanol–water partition coefficient (Wildman–Crippen LogP) is 0.417. The molecular formula is C10H17F3N2O2. The summed E-state index contributed by atoms with van der Waals surface area (Å²) in [5.74, 6) is -0.965. The van der Waals surface area contributed by atoms with Gasteiger partial charge in [0.2, 0.25) is 5.91 Å². The van der Waals surface area contributed by atoms with Crippen LogP contribution in [0.3, 0.4) is 0 Å². The van der Waals surface area contributed by atoms with Crippen LogP contribution in [-0.2, 0) is 4.79 Å². The molecule has 0 spiro atoms. The van der Waals surface area contributed by atoms with Crippen molar-refractivity contribution in [2.45, 2.75) is 25.4 Å². The third-order valence-electron chi connectivity index (χ3n) is 3.00. The number of rotatable bonds is 5. The van der Waals surface area contributed by atoms with Crippen LogP contribution in [0.25, 0.3) is 0 Å². The average molecular weight is 254 g/mol. The van der Waals surface area contributed by atoms with Crippen molar-refractivity contribution in [2.75, 3.05) is 26.2 Å². The molecule has 1 heterocycles. The highest BCUT2D eigenvalue weighted by atomic mass is 19.4. The summed E-state index contributed by atoms with van der Waals surface area (Å²) in [5, 5.41) is 13.4. The third-order valence-corrected chi connectivity index (χ3v) is 3.00. The molecule has 0 aromatic carbocycles. The number of amides is 1. The molecule has 1 unspecified atom stereocenters. The molecule has 1 aliphatic rings. The minimum absolute atomic E-state index is 0.0260. The van der Waals surface area contributed by atoms with Gasteiger partial charge in [-0.05, 0) is 25.8 Å². The number of aliphatic hydroxyl groups is 1. The Morgan fingerprint density at radius 2 is 2.12 bits per heavy atom. The number of unbranched alkanes of at least 4 members (excludes halogenated alkanes) is 1. The quantitative estimate of drug-likeness (QED) is 0.623. The van der Waals surface area contributed by atoms with Crippen LogP contribution in [0.15, 0.2) is 0 Å². The lowest BCUT2D eigenvalue weighted by Crippen LogP contribution is -2.52. The lowest BCUT2D eigenvalue weighted by molar-refractivity contribution is -0.216. The molecule has 0 saturated carbocycles. The molecule has 1 fully saturated rings. The molecule has 4 nitrogen and oxygen atoms in total. The summed E-state index contributed by atoms with van der Waals surface area (Å²) in [6.45, 7) is -0.0229. The molecule has 0 aromatic heterocycles. The number of aliphatic hydroxyl groups excluding tert-OH is 1. The first-order valence-corrected chi connectivity index (χ1v) is 5.61. The van der Waals surface area contributed by atoms with Gasteiger partial charge in [-0.3, -0.25) is 4.79 Å². The van der Waals surface area contributed by atoms with E-state index in [4.69, 9.17) is 5.11 Å². The number of hydrogen-bond acceptors (Lipinski definition) is 3. The van der Waals surface area contributed by atoms with Crippen molar-refractivity contribution in [3.8, 4) is 0 Å². The summed E-state index contributed by atoms with van der Waals surface area (Å²) in [5.41, 5.74) is -2.29. The fourth-order valence-electron chi connectivity index (χ4n) is 1.86. The molecule has 7 heteroatoms. The first-order chi connectivity index (χ1) is 7.94. The largest absolute Gasteiger partial charge is 0.404 e. The number of alkyl halides is 3. The summed E-state index contributed by atoms with van der Waals surface area (Å²) in [6, 6.07) is 0. The van der Waals surface area contributed by atoms with Gasteiger partial charge in [-0.2, -0.15) is 13.2 Å². The Morgan fingerprint density at radius 3 is 2.59 bits per heavy atom. The van der Waals surface area contributed by atoms with Gasteiger partial charge in [-0.25, -0.2) is 0 Å². The second kappa shape index (κ2) is 5.68. The Morgan fingerprint density at radius 1 is 1.41 bits per heavy atom. The highest BCUT2D eigenvalue weighted by Crippen LogP contribution is 2.43. The highest BCUT2D eigenvalue weighted by Gasteiger charge is 2.61. The molecule has 1 rings (SSSR count). The van der Waals surface area contributed by atoms with Crippen LogP contribution in [0.4, 0.5) is 13.2 Å². The molecule has 1 saturated heterocycles. The predicted molar refractivity (Wildman–Crippen MR) is 55.3 cm³/mol. The fourth-order valence-corrected chi connectivity index (χ4v) is 1.86. The van der Waals surface area contributed by atoms with E-state index in [-0.39, 0.29) is 32.7 Å². The maximum atomic E-state index is 12.9. The van der Waals surface area contributed by atoms with E-state index < -0.39 is 17.5 Å². The zero-order chi connectivity index (χ0) is 12.9. The lowest BCUT2D eigenvalue weighted by Gasteiger charge is -2.29. The minimum Gasteiger partial charge on any atom is -0.396 e. The van der Waals surface area contributed by atoms with Gasteiger partial charge < -0.3 is 15.7 Å². The van der Waals surface area contributed by atoms with Crippen LogP contribution >= 0.6 is 0 Å². The van der Waals surface area contributed by atoms with Gasteiger partial charge in [0.15, 0.2) is 5.41 Å². The summed E-state index contributed by atoms with van der Waals surface area (Å²) >= 11 is 0. The smallest absolute Gasteiger partial charge is 0.396 e. The summed E-state index contributed by atoms with van der Waals surface area (Å²) in [6.07, 6.45) is -3.80. The minimum atomic E-state index is -4.53. The lowest BCUT2D eigenvalue weighted by atomic mass is 9.85. The Kier molecular flexibility index (Phi) is 4.76. The standard InChI is InChI=1S/C10H17F3N2O2/c11-10(12,13)9(3-5-14-7-9)8(17)15-4-1-2-6-16/h14,16H,1-7H2,(H,15,17). The number of halogens is 3. The zero-order valence-corrected chi connectivity index (χ0v) is 9.44. The second-order valence-electron chi connectivity index (χ2n) is 4.19. The summed E-state index contributed by atoms with van der Waals surface area (Å²) < 4.78 is 38.7. The van der Waals surface area contributed by atoms with Crippen molar-refractivity contribution >= 4 is 5.91 Å². The topological polar surface area (TPSA) is 61.4 Å². The Hall–Kier alpha value is -0.820. The fraction of sp³-hybridized carbons (Fsp3) is 0.900. The van der Waals surface area contributed by atoms with Gasteiger partial charge in [0.25, 0.3) is 0 Å². The van der Waals surface area contributed by atoms with Crippen molar-refractivity contribution in [3.05, 3.63) is 0 Å². The van der Waals surface area contributed by atoms with E-state index >= 15 is 0 Å². The van der Waals surface area contributed by atoms with Crippen LogP contribution in [0.1, 0.15) is 19.3 Å². The van der Waals surface area contributed by atoms with Crippen LogP contribution < -0.4 is 10.6 Å². The van der Waals surface area contributed by atoms with Crippen LogP contribution in [0, 0.1) is 5.41 Å². The van der Waals surface area contributed by atoms with Crippen molar-refractivity contribution in [3.63, 3.8) is 0 Å². The van der Waals surface area contributed by atoms with E-state index in [0.29, 0.717) is 12.8 Å². The molecule has 17 heavy (non-hydrogen) atoms. The van der Waals surface area contributed by atoms with Gasteiger partial charge in [-0.1, -0.05) is 0 Å². The average Bonchev–Trinajstić information content (AvgIpc) is 2.73. The monoisotopic (exact) mass is 254 g/mol. The summed E-state index contributed by atoms with van der Waals surface area (Å²) in [7, 11) is 0. The first kappa shape index (κ1) is 14.2. The van der Waals surface area contributed by atoms with E-state index in [1.54, 1.807) is 0 Å². The SMILES string of the molecule is O=C(NCCCCO)C1(C(F)(F)F)CCNC1. The molecule has 100 valence electrons. The van der Waals surface area contributed by atoms with E-state index in [0.717, 1.165) is 0 Å². The molecule has 3 N–H and O–H groups in total. The third kappa shape index (κ3) is 3.10. The van der Waals surface area contributed by atoms with Gasteiger partial charge in [0, 0.05) is 19.7 Å². The Bertz CT molecular complexity index is 263. The van der Waals surface area contributed by atoms with Gasteiger partial charge >= 0.3 is 6.18 Å². The van der Waals surface area contributed by atoms with Crippen molar-refractivity contribution in [2.24, 2.45) is 5.41 Å². The van der Waals surface area contributed by atoms with E-state index in [9.17, 15) is 18.0 Å². The molecule has 0 radical (unpaired) electrons. The van der Waals surface area contributed by atoms with Crippen molar-refractivity contribution in [1.82, 2.24) is 10.6 Å². The number of carbonyl (C=O) groups excluding carboxylic acids is 1. The van der Waals surface area contributed by atoms with E-state index in [1.807, 2.05) is 0 Å². The molecule has 0 aliphatic carbocycles. The van der Waals surface area contributed by atoms with Gasteiger partial charge in [-0.15, -0.1) is 0 Å². The Labute approximate surface area is 97.6 Å². The zero-order valence-electron chi connectivity index (χ0n) is 9.44. The van der Waals surface area contributed by atoms with Crippen LogP contribution in [0.2, 0.25) is 0 Å². The van der Waals surface area contributed by atoms with Gasteiger partial charge in [0.1, 0.15) is 0 Å². The maximum Gasteiger partial charge on any atom is 0.404 e. The molecular weight excluding hydrogens is 237 g/mol. The number of nitrogens with one attached hydrogen (secondary N) is 2. The molecule has 0 bridgehead atoms. The number of hydrogen-bond donors (Lipinski definition) is 3. The molecule has 1 aliphatic heterocycles. The number of carbonyl (C=O) groups is 1. The maximum absolute atomic E-state index is 12.9. The van der Waals surface area contributed by atoms with Crippen molar-refractivity contribution in [1.29, 1.82) is 0 Å². The summed E-state index contributed by atoms with van der Waals surface area (Å²) in [4.78, 5) is 11.6. The normalized spacial score (nSPS) is 24.9. The highest BCUT2D eigenvalue weighted by molar-refractivity contribution is 5.84. The van der Waals surface area contributed by atoms with E-state index in [1.165, 1.54) is 0 Å². The molecule has 1 atom stereocenters. The Balaban J connectivity index is 2.56.